The molecule has 192 valence electrons. The van der Waals surface area contributed by atoms with Crippen molar-refractivity contribution in [1.82, 2.24) is 14.5 Å². The SMILES string of the molecule is CCCCc1nc(=O)c(Cc2ccc(-c3ccc(F)nc3C)cc2)c(O)n1[C@@H](CC)c1cccc(F)c1. The molecule has 37 heavy (non-hydrogen) atoms. The summed E-state index contributed by atoms with van der Waals surface area (Å²) >= 11 is 0. The maximum atomic E-state index is 14.1. The highest BCUT2D eigenvalue weighted by Gasteiger charge is 2.23. The van der Waals surface area contributed by atoms with Gasteiger partial charge in [-0.3, -0.25) is 9.36 Å². The number of rotatable bonds is 9. The first-order valence-corrected chi connectivity index (χ1v) is 12.6. The summed E-state index contributed by atoms with van der Waals surface area (Å²) in [6.45, 7) is 5.76. The molecule has 0 unspecified atom stereocenters. The predicted molar refractivity (Wildman–Crippen MR) is 141 cm³/mol. The lowest BCUT2D eigenvalue weighted by Gasteiger charge is -2.25. The van der Waals surface area contributed by atoms with Gasteiger partial charge in [-0.2, -0.15) is 9.37 Å². The van der Waals surface area contributed by atoms with Crippen LogP contribution in [0.4, 0.5) is 8.78 Å². The molecule has 0 saturated heterocycles. The monoisotopic (exact) mass is 503 g/mol. The minimum absolute atomic E-state index is 0.134. The third-order valence-corrected chi connectivity index (χ3v) is 6.65. The number of hydrogen-bond donors (Lipinski definition) is 1. The maximum Gasteiger partial charge on any atom is 0.280 e. The standard InChI is InChI=1S/C30H31F2N3O2/c1-4-6-10-28-34-29(36)25(30(37)35(28)26(5-2)22-8-7-9-23(31)18-22)17-20-11-13-21(14-12-20)24-15-16-27(32)33-19(24)3/h7-9,11-16,18,26,37H,4-6,10,17H2,1-3H3/t26-/m0/s1. The minimum Gasteiger partial charge on any atom is -0.494 e. The number of pyridine rings is 1. The average molecular weight is 504 g/mol. The molecule has 0 amide bonds. The van der Waals surface area contributed by atoms with E-state index < -0.39 is 11.5 Å². The first-order valence-electron chi connectivity index (χ1n) is 12.6. The third kappa shape index (κ3) is 5.77. The van der Waals surface area contributed by atoms with Crippen LogP contribution in [0, 0.1) is 18.7 Å². The molecule has 4 rings (SSSR count). The minimum atomic E-state index is -0.525. The second-order valence-corrected chi connectivity index (χ2v) is 9.23. The molecule has 5 nitrogen and oxygen atoms in total. The van der Waals surface area contributed by atoms with E-state index in [2.05, 4.69) is 9.97 Å². The van der Waals surface area contributed by atoms with Crippen molar-refractivity contribution in [3.05, 3.63) is 111 Å². The van der Waals surface area contributed by atoms with Gasteiger partial charge in [0.05, 0.1) is 11.6 Å². The van der Waals surface area contributed by atoms with Crippen LogP contribution in [-0.2, 0) is 12.8 Å². The Balaban J connectivity index is 1.74. The Bertz CT molecular complexity index is 1450. The lowest BCUT2D eigenvalue weighted by atomic mass is 9.99. The number of hydrogen-bond acceptors (Lipinski definition) is 4. The van der Waals surface area contributed by atoms with Gasteiger partial charge in [0.25, 0.3) is 5.56 Å². The topological polar surface area (TPSA) is 68.0 Å². The van der Waals surface area contributed by atoms with E-state index in [-0.39, 0.29) is 29.7 Å². The van der Waals surface area contributed by atoms with Crippen molar-refractivity contribution in [2.75, 3.05) is 0 Å². The zero-order valence-electron chi connectivity index (χ0n) is 21.3. The van der Waals surface area contributed by atoms with Crippen molar-refractivity contribution in [1.29, 1.82) is 0 Å². The summed E-state index contributed by atoms with van der Waals surface area (Å²) in [6.07, 6.45) is 3.02. The fraction of sp³-hybridized carbons (Fsp3) is 0.300. The van der Waals surface area contributed by atoms with E-state index >= 15 is 0 Å². The Morgan fingerprint density at radius 2 is 1.76 bits per heavy atom. The van der Waals surface area contributed by atoms with Crippen molar-refractivity contribution in [2.45, 2.75) is 58.9 Å². The molecule has 0 spiro atoms. The molecule has 0 aliphatic heterocycles. The number of unbranched alkanes of at least 4 members (excludes halogenated alkanes) is 1. The van der Waals surface area contributed by atoms with E-state index in [9.17, 15) is 18.7 Å². The molecule has 2 aromatic carbocycles. The molecule has 7 heteroatoms. The maximum absolute atomic E-state index is 14.1. The van der Waals surface area contributed by atoms with E-state index in [0.717, 1.165) is 29.5 Å². The van der Waals surface area contributed by atoms with Gasteiger partial charge in [0, 0.05) is 24.1 Å². The van der Waals surface area contributed by atoms with Crippen LogP contribution in [-0.4, -0.2) is 19.6 Å². The molecule has 2 heterocycles. The summed E-state index contributed by atoms with van der Waals surface area (Å²) in [5, 5.41) is 11.4. The van der Waals surface area contributed by atoms with Crippen molar-refractivity contribution in [2.24, 2.45) is 0 Å². The van der Waals surface area contributed by atoms with Gasteiger partial charge in [-0.1, -0.05) is 56.7 Å². The zero-order chi connectivity index (χ0) is 26.5. The number of benzene rings is 2. The van der Waals surface area contributed by atoms with E-state index in [1.54, 1.807) is 23.6 Å². The summed E-state index contributed by atoms with van der Waals surface area (Å²) in [5.41, 5.74) is 3.54. The molecule has 0 aliphatic rings. The number of aromatic hydroxyl groups is 1. The van der Waals surface area contributed by atoms with Crippen molar-refractivity contribution in [3.8, 4) is 17.0 Å². The Kier molecular flexibility index (Phi) is 8.11. The van der Waals surface area contributed by atoms with Gasteiger partial charge >= 0.3 is 0 Å². The van der Waals surface area contributed by atoms with E-state index in [4.69, 9.17) is 0 Å². The molecule has 1 N–H and O–H groups in total. The van der Waals surface area contributed by atoms with Gasteiger partial charge in [0.2, 0.25) is 11.8 Å². The summed E-state index contributed by atoms with van der Waals surface area (Å²) < 4.78 is 29.1. The van der Waals surface area contributed by atoms with Crippen LogP contribution in [0.2, 0.25) is 0 Å². The second-order valence-electron chi connectivity index (χ2n) is 9.23. The third-order valence-electron chi connectivity index (χ3n) is 6.65. The molecular weight excluding hydrogens is 472 g/mol. The van der Waals surface area contributed by atoms with Gasteiger partial charge in [-0.25, -0.2) is 9.37 Å². The number of aryl methyl sites for hydroxylation is 2. The van der Waals surface area contributed by atoms with Gasteiger partial charge in [0.1, 0.15) is 11.6 Å². The van der Waals surface area contributed by atoms with Crippen molar-refractivity contribution in [3.63, 3.8) is 0 Å². The van der Waals surface area contributed by atoms with Crippen LogP contribution in [0.3, 0.4) is 0 Å². The number of halogens is 2. The Morgan fingerprint density at radius 3 is 2.41 bits per heavy atom. The summed E-state index contributed by atoms with van der Waals surface area (Å²) in [6, 6.07) is 16.5. The second kappa shape index (κ2) is 11.5. The molecule has 0 fully saturated rings. The molecule has 0 aliphatic carbocycles. The van der Waals surface area contributed by atoms with Crippen LogP contribution in [0.1, 0.15) is 67.4 Å². The first kappa shape index (κ1) is 26.2. The van der Waals surface area contributed by atoms with E-state index in [0.29, 0.717) is 29.9 Å². The lowest BCUT2D eigenvalue weighted by Crippen LogP contribution is -2.25. The smallest absolute Gasteiger partial charge is 0.280 e. The quantitative estimate of drug-likeness (QED) is 0.264. The first-order chi connectivity index (χ1) is 17.8. The van der Waals surface area contributed by atoms with Crippen LogP contribution in [0.25, 0.3) is 11.1 Å². The van der Waals surface area contributed by atoms with Gasteiger partial charge in [0.15, 0.2) is 0 Å². The van der Waals surface area contributed by atoms with Gasteiger partial charge in [-0.05, 0) is 60.7 Å². The molecule has 0 radical (unpaired) electrons. The van der Waals surface area contributed by atoms with Gasteiger partial charge in [-0.15, -0.1) is 0 Å². The molecule has 2 aromatic heterocycles. The highest BCUT2D eigenvalue weighted by Crippen LogP contribution is 2.31. The molecule has 0 saturated carbocycles. The molecule has 1 atom stereocenters. The fourth-order valence-electron chi connectivity index (χ4n) is 4.72. The predicted octanol–water partition coefficient (Wildman–Crippen LogP) is 6.53. The van der Waals surface area contributed by atoms with Crippen LogP contribution >= 0.6 is 0 Å². The Labute approximate surface area is 215 Å². The average Bonchev–Trinajstić information content (AvgIpc) is 2.88. The van der Waals surface area contributed by atoms with Crippen LogP contribution < -0.4 is 5.56 Å². The van der Waals surface area contributed by atoms with E-state index in [1.165, 1.54) is 18.2 Å². The number of nitrogens with zero attached hydrogens (tertiary/aromatic N) is 3. The largest absolute Gasteiger partial charge is 0.494 e. The van der Waals surface area contributed by atoms with Crippen LogP contribution in [0.15, 0.2) is 65.5 Å². The van der Waals surface area contributed by atoms with E-state index in [1.807, 2.05) is 44.2 Å². The molecule has 4 aromatic rings. The Hall–Kier alpha value is -3.87. The Morgan fingerprint density at radius 1 is 1.00 bits per heavy atom. The molecular formula is C30H31F2N3O2. The zero-order valence-corrected chi connectivity index (χ0v) is 21.3. The van der Waals surface area contributed by atoms with Crippen LogP contribution in [0.5, 0.6) is 5.88 Å². The van der Waals surface area contributed by atoms with Gasteiger partial charge < -0.3 is 5.11 Å². The summed E-state index contributed by atoms with van der Waals surface area (Å²) in [5.74, 6) is -0.515. The highest BCUT2D eigenvalue weighted by atomic mass is 19.1. The summed E-state index contributed by atoms with van der Waals surface area (Å²) in [4.78, 5) is 21.3. The highest BCUT2D eigenvalue weighted by molar-refractivity contribution is 5.65. The fourth-order valence-corrected chi connectivity index (χ4v) is 4.72. The van der Waals surface area contributed by atoms with Crippen molar-refractivity contribution < 1.29 is 13.9 Å². The molecule has 0 bridgehead atoms. The lowest BCUT2D eigenvalue weighted by molar-refractivity contribution is 0.368. The van der Waals surface area contributed by atoms with Crippen molar-refractivity contribution >= 4 is 0 Å². The summed E-state index contributed by atoms with van der Waals surface area (Å²) in [7, 11) is 0. The normalized spacial score (nSPS) is 12.0. The number of aromatic nitrogens is 3.